The van der Waals surface area contributed by atoms with Gasteiger partial charge in [-0.1, -0.05) is 11.8 Å². The van der Waals surface area contributed by atoms with Gasteiger partial charge in [-0.05, 0) is 36.9 Å². The standard InChI is InChI=1S/C11H12F4N2S2/c12-9(13)3-1-7-18-11-16-5-6-17(11)19-8-2-4-10(14)15/h3-6H,1-2,7-8H2. The number of halogens is 4. The minimum Gasteiger partial charge on any atom is -0.268 e. The molecule has 1 heterocycles. The maximum atomic E-state index is 11.8. The van der Waals surface area contributed by atoms with Gasteiger partial charge in [0.15, 0.2) is 5.16 Å². The molecule has 1 aromatic heterocycles. The summed E-state index contributed by atoms with van der Waals surface area (Å²) in [5.74, 6) is 0.994. The van der Waals surface area contributed by atoms with Crippen LogP contribution in [-0.4, -0.2) is 20.5 Å². The average molecular weight is 312 g/mol. The highest BCUT2D eigenvalue weighted by Crippen LogP contribution is 2.22. The monoisotopic (exact) mass is 312 g/mol. The van der Waals surface area contributed by atoms with Gasteiger partial charge in [0.2, 0.25) is 0 Å². The topological polar surface area (TPSA) is 17.8 Å². The molecular weight excluding hydrogens is 300 g/mol. The van der Waals surface area contributed by atoms with Gasteiger partial charge in [0, 0.05) is 23.9 Å². The summed E-state index contributed by atoms with van der Waals surface area (Å²) in [6.45, 7) is 0. The Kier molecular flexibility index (Phi) is 7.73. The van der Waals surface area contributed by atoms with Crippen molar-refractivity contribution in [2.24, 2.45) is 0 Å². The fourth-order valence-corrected chi connectivity index (χ4v) is 2.89. The molecule has 1 aromatic rings. The van der Waals surface area contributed by atoms with Gasteiger partial charge in [-0.25, -0.2) is 4.98 Å². The molecule has 0 unspecified atom stereocenters. The minimum absolute atomic E-state index is 0.264. The fraction of sp³-hybridized carbons (Fsp3) is 0.364. The Morgan fingerprint density at radius 2 is 1.74 bits per heavy atom. The molecular formula is C11H12F4N2S2. The smallest absolute Gasteiger partial charge is 0.266 e. The highest BCUT2D eigenvalue weighted by atomic mass is 32.2. The lowest BCUT2D eigenvalue weighted by Gasteiger charge is -2.04. The first-order valence-corrected chi connectivity index (χ1v) is 7.34. The molecule has 0 bridgehead atoms. The zero-order chi connectivity index (χ0) is 14.1. The van der Waals surface area contributed by atoms with Crippen LogP contribution in [0.3, 0.4) is 0 Å². The van der Waals surface area contributed by atoms with Crippen molar-refractivity contribution in [3.05, 3.63) is 36.7 Å². The van der Waals surface area contributed by atoms with E-state index in [4.69, 9.17) is 0 Å². The van der Waals surface area contributed by atoms with Gasteiger partial charge in [0.05, 0.1) is 0 Å². The summed E-state index contributed by atoms with van der Waals surface area (Å²) in [6.07, 6.45) is 2.21. The lowest BCUT2D eigenvalue weighted by atomic mass is 10.5. The van der Waals surface area contributed by atoms with E-state index >= 15 is 0 Å². The zero-order valence-electron chi connectivity index (χ0n) is 9.86. The highest BCUT2D eigenvalue weighted by Gasteiger charge is 2.03. The van der Waals surface area contributed by atoms with Crippen LogP contribution in [0, 0.1) is 0 Å². The quantitative estimate of drug-likeness (QED) is 0.390. The molecule has 0 aromatic carbocycles. The minimum atomic E-state index is -1.68. The number of imidazole rings is 1. The van der Waals surface area contributed by atoms with E-state index in [0.717, 1.165) is 12.2 Å². The number of thioether (sulfide) groups is 1. The van der Waals surface area contributed by atoms with E-state index in [1.54, 1.807) is 16.4 Å². The number of aromatic nitrogens is 2. The third-order valence-electron chi connectivity index (χ3n) is 1.87. The van der Waals surface area contributed by atoms with E-state index in [2.05, 4.69) is 4.98 Å². The molecule has 0 amide bonds. The molecule has 0 radical (unpaired) electrons. The van der Waals surface area contributed by atoms with Gasteiger partial charge in [-0.2, -0.15) is 17.6 Å². The number of allylic oxidation sites excluding steroid dienone is 2. The van der Waals surface area contributed by atoms with Crippen molar-refractivity contribution >= 4 is 23.7 Å². The van der Waals surface area contributed by atoms with Crippen molar-refractivity contribution < 1.29 is 17.6 Å². The Balaban J connectivity index is 2.34. The van der Waals surface area contributed by atoms with Crippen LogP contribution in [0.15, 0.2) is 41.9 Å². The SMILES string of the molecule is FC(F)=CCCSc1nccn1SCCC=C(F)F. The van der Waals surface area contributed by atoms with E-state index in [-0.39, 0.29) is 12.8 Å². The maximum Gasteiger partial charge on any atom is 0.266 e. The van der Waals surface area contributed by atoms with Crippen LogP contribution in [0.4, 0.5) is 17.6 Å². The van der Waals surface area contributed by atoms with Gasteiger partial charge in [0.1, 0.15) is 0 Å². The molecule has 1 rings (SSSR count). The second-order valence-corrected chi connectivity index (χ2v) is 5.40. The van der Waals surface area contributed by atoms with Crippen LogP contribution in [0.2, 0.25) is 0 Å². The van der Waals surface area contributed by atoms with Crippen LogP contribution in [-0.2, 0) is 0 Å². The van der Waals surface area contributed by atoms with E-state index in [0.29, 0.717) is 16.7 Å². The van der Waals surface area contributed by atoms with E-state index < -0.39 is 12.2 Å². The summed E-state index contributed by atoms with van der Waals surface area (Å²) in [5, 5.41) is 0.683. The number of rotatable bonds is 8. The maximum absolute atomic E-state index is 11.8. The molecule has 0 aliphatic heterocycles. The van der Waals surface area contributed by atoms with Crippen molar-refractivity contribution in [2.45, 2.75) is 18.0 Å². The predicted molar refractivity (Wildman–Crippen MR) is 70.6 cm³/mol. The van der Waals surface area contributed by atoms with Crippen LogP contribution in [0.1, 0.15) is 12.8 Å². The molecule has 0 aliphatic rings. The largest absolute Gasteiger partial charge is 0.268 e. The van der Waals surface area contributed by atoms with Crippen LogP contribution in [0.25, 0.3) is 0 Å². The van der Waals surface area contributed by atoms with Crippen molar-refractivity contribution in [1.82, 2.24) is 8.96 Å². The summed E-state index contributed by atoms with van der Waals surface area (Å²) < 4.78 is 49.0. The van der Waals surface area contributed by atoms with E-state index in [9.17, 15) is 17.6 Å². The Morgan fingerprint density at radius 1 is 1.11 bits per heavy atom. The Labute approximate surface area is 117 Å². The summed E-state index contributed by atoms with van der Waals surface area (Å²) in [5.41, 5.74) is 0. The van der Waals surface area contributed by atoms with E-state index in [1.807, 2.05) is 0 Å². The van der Waals surface area contributed by atoms with Crippen LogP contribution < -0.4 is 0 Å². The molecule has 0 saturated heterocycles. The predicted octanol–water partition coefficient (Wildman–Crippen LogP) is 4.81. The first kappa shape index (κ1) is 16.2. The third kappa shape index (κ3) is 7.31. The van der Waals surface area contributed by atoms with Gasteiger partial charge in [-0.15, -0.1) is 0 Å². The van der Waals surface area contributed by atoms with Crippen LogP contribution >= 0.6 is 23.7 Å². The van der Waals surface area contributed by atoms with Crippen molar-refractivity contribution in [2.75, 3.05) is 11.5 Å². The first-order valence-electron chi connectivity index (χ1n) is 5.41. The number of hydrogen-bond donors (Lipinski definition) is 0. The first-order chi connectivity index (χ1) is 9.09. The lowest BCUT2D eigenvalue weighted by molar-refractivity contribution is 0.417. The second kappa shape index (κ2) is 9.08. The Hall–Kier alpha value is -0.890. The summed E-state index contributed by atoms with van der Waals surface area (Å²) in [4.78, 5) is 4.08. The summed E-state index contributed by atoms with van der Waals surface area (Å²) in [7, 11) is 0. The number of hydrogen-bond acceptors (Lipinski definition) is 3. The summed E-state index contributed by atoms with van der Waals surface area (Å²) in [6, 6.07) is 0. The van der Waals surface area contributed by atoms with Gasteiger partial charge >= 0.3 is 0 Å². The molecule has 106 valence electrons. The number of nitrogens with zero attached hydrogens (tertiary/aromatic N) is 2. The van der Waals surface area contributed by atoms with Crippen molar-refractivity contribution in [3.8, 4) is 0 Å². The zero-order valence-corrected chi connectivity index (χ0v) is 11.5. The molecule has 2 nitrogen and oxygen atoms in total. The normalized spacial score (nSPS) is 10.3. The van der Waals surface area contributed by atoms with Crippen molar-refractivity contribution in [1.29, 1.82) is 0 Å². The molecule has 0 atom stereocenters. The Bertz CT molecular complexity index is 399. The second-order valence-electron chi connectivity index (χ2n) is 3.28. The van der Waals surface area contributed by atoms with Crippen molar-refractivity contribution in [3.63, 3.8) is 0 Å². The van der Waals surface area contributed by atoms with Gasteiger partial charge in [-0.3, -0.25) is 3.97 Å². The summed E-state index contributed by atoms with van der Waals surface area (Å²) >= 11 is 2.70. The third-order valence-corrected chi connectivity index (χ3v) is 3.98. The van der Waals surface area contributed by atoms with Gasteiger partial charge in [0.25, 0.3) is 12.2 Å². The molecule has 0 aliphatic carbocycles. The molecule has 19 heavy (non-hydrogen) atoms. The fourth-order valence-electron chi connectivity index (χ4n) is 1.11. The van der Waals surface area contributed by atoms with Crippen LogP contribution in [0.5, 0.6) is 0 Å². The Morgan fingerprint density at radius 3 is 2.37 bits per heavy atom. The lowest BCUT2D eigenvalue weighted by Crippen LogP contribution is -1.91. The molecule has 0 fully saturated rings. The highest BCUT2D eigenvalue weighted by molar-refractivity contribution is 8.01. The molecule has 0 N–H and O–H groups in total. The van der Waals surface area contributed by atoms with E-state index in [1.165, 1.54) is 23.7 Å². The molecule has 0 saturated carbocycles. The van der Waals surface area contributed by atoms with Gasteiger partial charge < -0.3 is 0 Å². The average Bonchev–Trinajstić information content (AvgIpc) is 2.77. The molecule has 0 spiro atoms. The molecule has 8 heteroatoms.